The summed E-state index contributed by atoms with van der Waals surface area (Å²) in [5.41, 5.74) is 1.72. The minimum absolute atomic E-state index is 0.340. The number of carbonyl (C=O) groups is 1. The van der Waals surface area contributed by atoms with Crippen LogP contribution in [-0.2, 0) is 4.79 Å². The van der Waals surface area contributed by atoms with E-state index in [4.69, 9.17) is 32.7 Å². The average molecular weight is 489 g/mol. The molecule has 2 aromatic rings. The SMILES string of the molecule is COc1cc(Br)c(C(c2ccc(Cl)c(Cl)c2)N2CCCC2C(=O)O)cc1OC. The second-order valence-electron chi connectivity index (χ2n) is 6.54. The fourth-order valence-corrected chi connectivity index (χ4v) is 4.52. The van der Waals surface area contributed by atoms with Crippen LogP contribution in [-0.4, -0.2) is 42.8 Å². The summed E-state index contributed by atoms with van der Waals surface area (Å²) in [6.07, 6.45) is 1.40. The molecule has 3 rings (SSSR count). The van der Waals surface area contributed by atoms with Gasteiger partial charge in [0.05, 0.1) is 30.3 Å². The molecule has 0 amide bonds. The number of halogens is 3. The summed E-state index contributed by atoms with van der Waals surface area (Å²) in [7, 11) is 3.14. The molecule has 1 aliphatic heterocycles. The van der Waals surface area contributed by atoms with Gasteiger partial charge in [-0.2, -0.15) is 0 Å². The highest BCUT2D eigenvalue weighted by atomic mass is 79.9. The van der Waals surface area contributed by atoms with E-state index in [1.165, 1.54) is 0 Å². The van der Waals surface area contributed by atoms with Crippen molar-refractivity contribution < 1.29 is 19.4 Å². The van der Waals surface area contributed by atoms with Crippen molar-refractivity contribution in [2.24, 2.45) is 0 Å². The van der Waals surface area contributed by atoms with Crippen molar-refractivity contribution in [2.45, 2.75) is 24.9 Å². The van der Waals surface area contributed by atoms with Gasteiger partial charge in [0.2, 0.25) is 0 Å². The van der Waals surface area contributed by atoms with Crippen LogP contribution in [0, 0.1) is 0 Å². The lowest BCUT2D eigenvalue weighted by atomic mass is 9.95. The van der Waals surface area contributed by atoms with Gasteiger partial charge in [-0.15, -0.1) is 0 Å². The number of aliphatic carboxylic acids is 1. The standard InChI is InChI=1S/C20H20BrCl2NO4/c1-27-17-9-12(13(21)10-18(17)28-2)19(11-5-6-14(22)15(23)8-11)24-7-3-4-16(24)20(25)26/h5-6,8-10,16,19H,3-4,7H2,1-2H3,(H,25,26). The third-order valence-electron chi connectivity index (χ3n) is 4.97. The van der Waals surface area contributed by atoms with Crippen LogP contribution in [0.25, 0.3) is 0 Å². The zero-order chi connectivity index (χ0) is 20.4. The van der Waals surface area contributed by atoms with E-state index in [1.807, 2.05) is 23.1 Å². The summed E-state index contributed by atoms with van der Waals surface area (Å²) in [6.45, 7) is 0.655. The summed E-state index contributed by atoms with van der Waals surface area (Å²) in [5.74, 6) is 0.318. The van der Waals surface area contributed by atoms with Crippen molar-refractivity contribution in [3.8, 4) is 11.5 Å². The molecule has 2 atom stereocenters. The van der Waals surface area contributed by atoms with Crippen LogP contribution in [0.15, 0.2) is 34.8 Å². The number of nitrogens with zero attached hydrogens (tertiary/aromatic N) is 1. The van der Waals surface area contributed by atoms with E-state index in [0.717, 1.165) is 22.0 Å². The Hall–Kier alpha value is -1.47. The fourth-order valence-electron chi connectivity index (χ4n) is 3.67. The highest BCUT2D eigenvalue weighted by Gasteiger charge is 2.38. The predicted octanol–water partition coefficient (Wildman–Crippen LogP) is 5.41. The molecule has 5 nitrogen and oxygen atoms in total. The molecule has 1 heterocycles. The Kier molecular flexibility index (Phi) is 6.76. The largest absolute Gasteiger partial charge is 0.493 e. The van der Waals surface area contributed by atoms with Crippen LogP contribution in [0.2, 0.25) is 10.0 Å². The van der Waals surface area contributed by atoms with Crippen molar-refractivity contribution in [3.63, 3.8) is 0 Å². The first-order chi connectivity index (χ1) is 13.4. The normalized spacial score (nSPS) is 18.1. The van der Waals surface area contributed by atoms with Crippen LogP contribution < -0.4 is 9.47 Å². The van der Waals surface area contributed by atoms with Gasteiger partial charge in [0.1, 0.15) is 6.04 Å². The van der Waals surface area contributed by atoms with Crippen LogP contribution >= 0.6 is 39.1 Å². The van der Waals surface area contributed by atoms with Crippen molar-refractivity contribution >= 4 is 45.1 Å². The van der Waals surface area contributed by atoms with Gasteiger partial charge >= 0.3 is 5.97 Å². The maximum Gasteiger partial charge on any atom is 0.320 e. The zero-order valence-electron chi connectivity index (χ0n) is 15.4. The van der Waals surface area contributed by atoms with Gasteiger partial charge in [0.25, 0.3) is 0 Å². The van der Waals surface area contributed by atoms with E-state index in [-0.39, 0.29) is 6.04 Å². The van der Waals surface area contributed by atoms with Crippen molar-refractivity contribution in [1.29, 1.82) is 0 Å². The van der Waals surface area contributed by atoms with E-state index >= 15 is 0 Å². The Morgan fingerprint density at radius 3 is 2.46 bits per heavy atom. The minimum Gasteiger partial charge on any atom is -0.493 e. The number of hydrogen-bond donors (Lipinski definition) is 1. The van der Waals surface area contributed by atoms with E-state index in [9.17, 15) is 9.90 Å². The molecule has 1 saturated heterocycles. The quantitative estimate of drug-likeness (QED) is 0.588. The first-order valence-electron chi connectivity index (χ1n) is 8.72. The molecule has 1 aliphatic rings. The van der Waals surface area contributed by atoms with E-state index in [0.29, 0.717) is 34.5 Å². The van der Waals surface area contributed by atoms with Crippen LogP contribution in [0.4, 0.5) is 0 Å². The van der Waals surface area contributed by atoms with Gasteiger partial charge in [-0.3, -0.25) is 9.69 Å². The highest BCUT2D eigenvalue weighted by Crippen LogP contribution is 2.43. The first-order valence-corrected chi connectivity index (χ1v) is 10.3. The Morgan fingerprint density at radius 2 is 1.86 bits per heavy atom. The number of ether oxygens (including phenoxy) is 2. The second-order valence-corrected chi connectivity index (χ2v) is 8.21. The molecule has 0 saturated carbocycles. The number of hydrogen-bond acceptors (Lipinski definition) is 4. The van der Waals surface area contributed by atoms with Gasteiger partial charge < -0.3 is 14.6 Å². The molecule has 8 heteroatoms. The number of methoxy groups -OCH3 is 2. The molecule has 0 bridgehead atoms. The molecule has 150 valence electrons. The van der Waals surface area contributed by atoms with Gasteiger partial charge in [-0.25, -0.2) is 0 Å². The molecule has 0 aliphatic carbocycles. The van der Waals surface area contributed by atoms with E-state index < -0.39 is 12.0 Å². The lowest BCUT2D eigenvalue weighted by molar-refractivity contribution is -0.142. The zero-order valence-corrected chi connectivity index (χ0v) is 18.5. The Bertz CT molecular complexity index is 893. The van der Waals surface area contributed by atoms with Crippen molar-refractivity contribution in [3.05, 3.63) is 56.0 Å². The topological polar surface area (TPSA) is 59.0 Å². The third-order valence-corrected chi connectivity index (χ3v) is 6.39. The molecular formula is C20H20BrCl2NO4. The summed E-state index contributed by atoms with van der Waals surface area (Å²) < 4.78 is 11.6. The number of benzene rings is 2. The summed E-state index contributed by atoms with van der Waals surface area (Å²) in [5, 5.41) is 10.6. The maximum atomic E-state index is 11.9. The molecule has 0 radical (unpaired) electrons. The van der Waals surface area contributed by atoms with Gasteiger partial charge in [0, 0.05) is 11.0 Å². The molecule has 1 N–H and O–H groups in total. The van der Waals surface area contributed by atoms with Gasteiger partial charge in [0.15, 0.2) is 11.5 Å². The molecule has 1 fully saturated rings. The fraction of sp³-hybridized carbons (Fsp3) is 0.350. The lowest BCUT2D eigenvalue weighted by Crippen LogP contribution is -2.39. The predicted molar refractivity (Wildman–Crippen MR) is 113 cm³/mol. The first kappa shape index (κ1) is 21.2. The average Bonchev–Trinajstić information content (AvgIpc) is 3.15. The summed E-state index contributed by atoms with van der Waals surface area (Å²) >= 11 is 16.0. The molecule has 2 unspecified atom stereocenters. The van der Waals surface area contributed by atoms with E-state index in [2.05, 4.69) is 15.9 Å². The highest BCUT2D eigenvalue weighted by molar-refractivity contribution is 9.10. The molecule has 2 aromatic carbocycles. The summed E-state index contributed by atoms with van der Waals surface area (Å²) in [4.78, 5) is 13.8. The van der Waals surface area contributed by atoms with Crippen LogP contribution in [0.1, 0.15) is 30.0 Å². The van der Waals surface area contributed by atoms with Gasteiger partial charge in [-0.1, -0.05) is 45.2 Å². The van der Waals surface area contributed by atoms with Crippen molar-refractivity contribution in [1.82, 2.24) is 4.90 Å². The lowest BCUT2D eigenvalue weighted by Gasteiger charge is -2.33. The minimum atomic E-state index is -0.834. The Balaban J connectivity index is 2.19. The summed E-state index contributed by atoms with van der Waals surface area (Å²) in [6, 6.07) is 8.16. The molecule has 28 heavy (non-hydrogen) atoms. The van der Waals surface area contributed by atoms with Crippen molar-refractivity contribution in [2.75, 3.05) is 20.8 Å². The molecule has 0 aromatic heterocycles. The number of rotatable bonds is 6. The third kappa shape index (κ3) is 4.10. The number of carboxylic acid groups (broad SMARTS) is 1. The molecule has 0 spiro atoms. The van der Waals surface area contributed by atoms with Gasteiger partial charge in [-0.05, 0) is 48.2 Å². The maximum absolute atomic E-state index is 11.9. The molecular weight excluding hydrogens is 469 g/mol. The van der Waals surface area contributed by atoms with Crippen LogP contribution in [0.5, 0.6) is 11.5 Å². The van der Waals surface area contributed by atoms with Crippen LogP contribution in [0.3, 0.4) is 0 Å². The second kappa shape index (κ2) is 8.91. The number of likely N-dealkylation sites (tertiary alicyclic amines) is 1. The Labute approximate surface area is 182 Å². The Morgan fingerprint density at radius 1 is 1.18 bits per heavy atom. The monoisotopic (exact) mass is 487 g/mol. The number of carboxylic acids is 1. The van der Waals surface area contributed by atoms with E-state index in [1.54, 1.807) is 26.4 Å². The smallest absolute Gasteiger partial charge is 0.320 e.